The van der Waals surface area contributed by atoms with E-state index in [2.05, 4.69) is 18.8 Å². The van der Waals surface area contributed by atoms with Crippen molar-refractivity contribution in [3.63, 3.8) is 0 Å². The zero-order valence-electron chi connectivity index (χ0n) is 15.2. The van der Waals surface area contributed by atoms with E-state index >= 15 is 0 Å². The van der Waals surface area contributed by atoms with Gasteiger partial charge in [-0.1, -0.05) is 32.4 Å². The van der Waals surface area contributed by atoms with Gasteiger partial charge in [0, 0.05) is 22.4 Å². The molecule has 1 amide bonds. The van der Waals surface area contributed by atoms with Crippen LogP contribution in [-0.2, 0) is 17.9 Å². The minimum absolute atomic E-state index is 0.0136. The molecule has 0 aliphatic carbocycles. The Morgan fingerprint density at radius 1 is 1.28 bits per heavy atom. The van der Waals surface area contributed by atoms with Crippen LogP contribution in [0.1, 0.15) is 44.8 Å². The number of aromatic nitrogens is 1. The van der Waals surface area contributed by atoms with E-state index in [1.807, 2.05) is 36.3 Å². The van der Waals surface area contributed by atoms with Crippen LogP contribution in [0.4, 0.5) is 0 Å². The van der Waals surface area contributed by atoms with Gasteiger partial charge in [-0.15, -0.1) is 11.3 Å². The van der Waals surface area contributed by atoms with Gasteiger partial charge >= 0.3 is 0 Å². The largest absolute Gasteiger partial charge is 0.486 e. The number of halogens is 1. The molecule has 2 aromatic rings. The lowest BCUT2D eigenvalue weighted by molar-refractivity contribution is -0.137. The van der Waals surface area contributed by atoms with Crippen LogP contribution in [0.15, 0.2) is 29.6 Å². The Kier molecular flexibility index (Phi) is 7.26. The first-order valence-corrected chi connectivity index (χ1v) is 9.78. The number of carbonyl (C=O) groups excluding carboxylic acids is 1. The summed E-state index contributed by atoms with van der Waals surface area (Å²) in [5.74, 6) is 0.916. The number of benzene rings is 1. The van der Waals surface area contributed by atoms with Crippen LogP contribution >= 0.6 is 22.9 Å². The Bertz CT molecular complexity index is 685. The first kappa shape index (κ1) is 19.7. The number of carbonyl (C=O) groups is 1. The molecule has 0 saturated heterocycles. The lowest BCUT2D eigenvalue weighted by atomic mass is 10.1. The highest BCUT2D eigenvalue weighted by Gasteiger charge is 2.22. The fraction of sp³-hybridized carbons (Fsp3) is 0.474. The molecule has 0 N–H and O–H groups in total. The second-order valence-corrected chi connectivity index (χ2v) is 7.73. The lowest BCUT2D eigenvalue weighted by Crippen LogP contribution is -2.40. The normalized spacial score (nSPS) is 12.2. The van der Waals surface area contributed by atoms with Crippen LogP contribution < -0.4 is 4.74 Å². The number of nitrogens with zero attached hydrogens (tertiary/aromatic N) is 2. The van der Waals surface area contributed by atoms with Crippen LogP contribution in [0.5, 0.6) is 5.75 Å². The highest BCUT2D eigenvalue weighted by molar-refractivity contribution is 7.09. The van der Waals surface area contributed by atoms with Crippen molar-refractivity contribution in [3.05, 3.63) is 45.4 Å². The van der Waals surface area contributed by atoms with E-state index in [0.717, 1.165) is 22.9 Å². The standard InChI is InChI=1S/C19H25ClN2O2S/c1-5-14(4)22(19(23)13(2)3)10-16-12-25-18(21-16)11-24-17-8-6-15(20)7-9-17/h6-9,12-14H,5,10-11H2,1-4H3. The van der Waals surface area contributed by atoms with Crippen LogP contribution in [0.2, 0.25) is 5.02 Å². The van der Waals surface area contributed by atoms with Crippen molar-refractivity contribution in [2.45, 2.75) is 53.3 Å². The SMILES string of the molecule is CCC(C)N(Cc1csc(COc2ccc(Cl)cc2)n1)C(=O)C(C)C. The van der Waals surface area contributed by atoms with Crippen LogP contribution in [0.25, 0.3) is 0 Å². The summed E-state index contributed by atoms with van der Waals surface area (Å²) in [5.41, 5.74) is 0.911. The van der Waals surface area contributed by atoms with E-state index in [9.17, 15) is 4.79 Å². The summed E-state index contributed by atoms with van der Waals surface area (Å²) >= 11 is 7.42. The molecule has 6 heteroatoms. The number of rotatable bonds is 8. The molecule has 0 fully saturated rings. The molecule has 0 bridgehead atoms. The molecule has 1 atom stereocenters. The molecular formula is C19H25ClN2O2S. The second kappa shape index (κ2) is 9.20. The third-order valence-corrected chi connectivity index (χ3v) is 5.13. The van der Waals surface area contributed by atoms with E-state index in [1.54, 1.807) is 23.5 Å². The summed E-state index contributed by atoms with van der Waals surface area (Å²) < 4.78 is 5.73. The summed E-state index contributed by atoms with van der Waals surface area (Å²) in [7, 11) is 0. The van der Waals surface area contributed by atoms with Crippen molar-refractivity contribution < 1.29 is 9.53 Å². The Labute approximate surface area is 158 Å². The predicted molar refractivity (Wildman–Crippen MR) is 103 cm³/mol. The summed E-state index contributed by atoms with van der Waals surface area (Å²) in [6.45, 7) is 9.00. The molecule has 0 radical (unpaired) electrons. The van der Waals surface area contributed by atoms with Crippen LogP contribution in [0, 0.1) is 5.92 Å². The molecule has 25 heavy (non-hydrogen) atoms. The number of thiazole rings is 1. The lowest BCUT2D eigenvalue weighted by Gasteiger charge is -2.29. The molecule has 1 aromatic carbocycles. The van der Waals surface area contributed by atoms with Crippen molar-refractivity contribution in [2.75, 3.05) is 0 Å². The summed E-state index contributed by atoms with van der Waals surface area (Å²) in [6.07, 6.45) is 0.926. The highest BCUT2D eigenvalue weighted by atomic mass is 35.5. The Morgan fingerprint density at radius 3 is 2.56 bits per heavy atom. The van der Waals surface area contributed by atoms with E-state index in [-0.39, 0.29) is 17.9 Å². The van der Waals surface area contributed by atoms with Crippen molar-refractivity contribution in [3.8, 4) is 5.75 Å². The van der Waals surface area contributed by atoms with E-state index in [4.69, 9.17) is 16.3 Å². The average molecular weight is 381 g/mol. The van der Waals surface area contributed by atoms with Gasteiger partial charge in [-0.05, 0) is 37.6 Å². The number of ether oxygens (including phenoxy) is 1. The smallest absolute Gasteiger partial charge is 0.225 e. The van der Waals surface area contributed by atoms with Gasteiger partial charge < -0.3 is 9.64 Å². The van der Waals surface area contributed by atoms with Gasteiger partial charge in [-0.3, -0.25) is 4.79 Å². The predicted octanol–water partition coefficient (Wildman–Crippen LogP) is 5.16. The third-order valence-electron chi connectivity index (χ3n) is 4.01. The molecule has 0 saturated carbocycles. The Balaban J connectivity index is 1.98. The highest BCUT2D eigenvalue weighted by Crippen LogP contribution is 2.20. The Hall–Kier alpha value is -1.59. The zero-order chi connectivity index (χ0) is 18.4. The minimum atomic E-state index is -0.0136. The number of amides is 1. The molecule has 2 rings (SSSR count). The van der Waals surface area contributed by atoms with E-state index in [0.29, 0.717) is 18.2 Å². The molecule has 1 heterocycles. The van der Waals surface area contributed by atoms with Crippen LogP contribution in [0.3, 0.4) is 0 Å². The van der Waals surface area contributed by atoms with Crippen LogP contribution in [-0.4, -0.2) is 21.8 Å². The van der Waals surface area contributed by atoms with Crippen molar-refractivity contribution in [1.29, 1.82) is 0 Å². The maximum Gasteiger partial charge on any atom is 0.225 e. The first-order valence-electron chi connectivity index (χ1n) is 8.52. The molecule has 0 aliphatic rings. The molecule has 0 aliphatic heterocycles. The van der Waals surface area contributed by atoms with Gasteiger partial charge in [-0.25, -0.2) is 4.98 Å². The maximum atomic E-state index is 12.5. The molecule has 1 unspecified atom stereocenters. The zero-order valence-corrected chi connectivity index (χ0v) is 16.7. The molecule has 4 nitrogen and oxygen atoms in total. The van der Waals surface area contributed by atoms with Crippen molar-refractivity contribution in [2.24, 2.45) is 5.92 Å². The molecular weight excluding hydrogens is 356 g/mol. The summed E-state index contributed by atoms with van der Waals surface area (Å²) in [4.78, 5) is 19.0. The Morgan fingerprint density at radius 2 is 1.96 bits per heavy atom. The van der Waals surface area contributed by atoms with E-state index < -0.39 is 0 Å². The fourth-order valence-electron chi connectivity index (χ4n) is 2.34. The minimum Gasteiger partial charge on any atom is -0.486 e. The van der Waals surface area contributed by atoms with Gasteiger partial charge in [0.05, 0.1) is 12.2 Å². The summed E-state index contributed by atoms with van der Waals surface area (Å²) in [5, 5.41) is 3.58. The fourth-order valence-corrected chi connectivity index (χ4v) is 3.16. The monoisotopic (exact) mass is 380 g/mol. The average Bonchev–Trinajstić information content (AvgIpc) is 3.05. The molecule has 136 valence electrons. The van der Waals surface area contributed by atoms with Gasteiger partial charge in [0.25, 0.3) is 0 Å². The molecule has 1 aromatic heterocycles. The topological polar surface area (TPSA) is 42.4 Å². The first-order chi connectivity index (χ1) is 11.9. The second-order valence-electron chi connectivity index (χ2n) is 6.35. The van der Waals surface area contributed by atoms with Gasteiger partial charge in [0.2, 0.25) is 5.91 Å². The maximum absolute atomic E-state index is 12.5. The number of hydrogen-bond acceptors (Lipinski definition) is 4. The van der Waals surface area contributed by atoms with Gasteiger partial charge in [0.1, 0.15) is 17.4 Å². The molecule has 0 spiro atoms. The van der Waals surface area contributed by atoms with Crippen molar-refractivity contribution >= 4 is 28.8 Å². The van der Waals surface area contributed by atoms with Gasteiger partial charge in [0.15, 0.2) is 0 Å². The quantitative estimate of drug-likeness (QED) is 0.635. The van der Waals surface area contributed by atoms with E-state index in [1.165, 1.54) is 0 Å². The van der Waals surface area contributed by atoms with Crippen molar-refractivity contribution in [1.82, 2.24) is 9.88 Å². The summed E-state index contributed by atoms with van der Waals surface area (Å²) in [6, 6.07) is 7.47. The third kappa shape index (κ3) is 5.72. The van der Waals surface area contributed by atoms with Gasteiger partial charge in [-0.2, -0.15) is 0 Å². The number of hydrogen-bond donors (Lipinski definition) is 0.